The van der Waals surface area contributed by atoms with E-state index in [-0.39, 0.29) is 22.9 Å². The first-order valence-corrected chi connectivity index (χ1v) is 11.0. The van der Waals surface area contributed by atoms with Crippen LogP contribution in [0.5, 0.6) is 5.75 Å². The molecule has 1 amide bonds. The SMILES string of the molecule is COc1ccc(C(CNC(=O)C2CCN(c3ncc(C(F)(F)F)cc3Cl)CC2)N(C)C)cc1. The van der Waals surface area contributed by atoms with E-state index in [4.69, 9.17) is 16.3 Å². The highest BCUT2D eigenvalue weighted by atomic mass is 35.5. The minimum absolute atomic E-state index is 0.00935. The molecule has 2 aromatic rings. The van der Waals surface area contributed by atoms with Crippen LogP contribution >= 0.6 is 11.6 Å². The maximum atomic E-state index is 12.8. The summed E-state index contributed by atoms with van der Waals surface area (Å²) in [4.78, 5) is 20.6. The van der Waals surface area contributed by atoms with Gasteiger partial charge in [0.1, 0.15) is 11.6 Å². The number of nitrogens with one attached hydrogen (secondary N) is 1. The zero-order valence-electron chi connectivity index (χ0n) is 18.8. The van der Waals surface area contributed by atoms with Crippen LogP contribution < -0.4 is 15.0 Å². The second-order valence-corrected chi connectivity index (χ2v) is 8.69. The number of rotatable bonds is 7. The van der Waals surface area contributed by atoms with Crippen molar-refractivity contribution in [2.24, 2.45) is 5.92 Å². The third-order valence-corrected chi connectivity index (χ3v) is 6.19. The number of piperidine rings is 1. The molecule has 1 aromatic heterocycles. The molecule has 0 saturated carbocycles. The van der Waals surface area contributed by atoms with E-state index < -0.39 is 11.7 Å². The van der Waals surface area contributed by atoms with Crippen LogP contribution in [0, 0.1) is 5.92 Å². The highest BCUT2D eigenvalue weighted by Gasteiger charge is 2.33. The summed E-state index contributed by atoms with van der Waals surface area (Å²) in [6.45, 7) is 1.45. The van der Waals surface area contributed by atoms with Gasteiger partial charge in [0.2, 0.25) is 5.91 Å². The number of methoxy groups -OCH3 is 1. The van der Waals surface area contributed by atoms with Crippen molar-refractivity contribution in [1.29, 1.82) is 0 Å². The Kier molecular flexibility index (Phi) is 8.07. The third kappa shape index (κ3) is 6.29. The number of alkyl halides is 3. The van der Waals surface area contributed by atoms with E-state index in [1.807, 2.05) is 48.2 Å². The van der Waals surface area contributed by atoms with Crippen LogP contribution in [0.3, 0.4) is 0 Å². The number of carbonyl (C=O) groups is 1. The number of ether oxygens (including phenoxy) is 1. The van der Waals surface area contributed by atoms with Gasteiger partial charge in [-0.1, -0.05) is 23.7 Å². The van der Waals surface area contributed by atoms with Gasteiger partial charge in [0.05, 0.1) is 23.7 Å². The molecular formula is C23H28ClF3N4O2. The summed E-state index contributed by atoms with van der Waals surface area (Å²) in [6.07, 6.45) is -2.56. The largest absolute Gasteiger partial charge is 0.497 e. The highest BCUT2D eigenvalue weighted by molar-refractivity contribution is 6.33. The first-order valence-electron chi connectivity index (χ1n) is 10.7. The molecule has 0 spiro atoms. The molecule has 1 aliphatic rings. The van der Waals surface area contributed by atoms with Crippen molar-refractivity contribution < 1.29 is 22.7 Å². The molecule has 6 nitrogen and oxygen atoms in total. The van der Waals surface area contributed by atoms with Crippen LogP contribution in [-0.2, 0) is 11.0 Å². The molecule has 10 heteroatoms. The number of nitrogens with zero attached hydrogens (tertiary/aromatic N) is 3. The van der Waals surface area contributed by atoms with Gasteiger partial charge in [-0.2, -0.15) is 13.2 Å². The number of hydrogen-bond donors (Lipinski definition) is 1. The number of carbonyl (C=O) groups excluding carboxylic acids is 1. The van der Waals surface area contributed by atoms with E-state index >= 15 is 0 Å². The van der Waals surface area contributed by atoms with Gasteiger partial charge in [-0.15, -0.1) is 0 Å². The minimum atomic E-state index is -4.49. The maximum Gasteiger partial charge on any atom is 0.417 e. The quantitative estimate of drug-likeness (QED) is 0.631. The standard InChI is InChI=1S/C23H28ClF3N4O2/c1-30(2)20(15-4-6-18(33-3)7-5-15)14-29-22(32)16-8-10-31(11-9-16)21-19(24)12-17(13-28-21)23(25,26)27/h4-7,12-13,16,20H,8-11,14H2,1-3H3,(H,29,32). The van der Waals surface area contributed by atoms with E-state index in [0.29, 0.717) is 38.3 Å². The van der Waals surface area contributed by atoms with Crippen molar-refractivity contribution in [3.8, 4) is 5.75 Å². The lowest BCUT2D eigenvalue weighted by Crippen LogP contribution is -2.43. The molecule has 33 heavy (non-hydrogen) atoms. The molecule has 1 aliphatic heterocycles. The fourth-order valence-electron chi connectivity index (χ4n) is 3.94. The van der Waals surface area contributed by atoms with Crippen LogP contribution in [-0.4, -0.2) is 56.6 Å². The minimum Gasteiger partial charge on any atom is -0.497 e. The Morgan fingerprint density at radius 1 is 1.27 bits per heavy atom. The van der Waals surface area contributed by atoms with Crippen LogP contribution in [0.4, 0.5) is 19.0 Å². The molecule has 1 unspecified atom stereocenters. The molecule has 3 rings (SSSR count). The Labute approximate surface area is 196 Å². The number of hydrogen-bond acceptors (Lipinski definition) is 5. The van der Waals surface area contributed by atoms with Gasteiger partial charge in [-0.05, 0) is 50.7 Å². The molecule has 0 radical (unpaired) electrons. The Hall–Kier alpha value is -2.52. The van der Waals surface area contributed by atoms with Crippen LogP contribution in [0.25, 0.3) is 0 Å². The second-order valence-electron chi connectivity index (χ2n) is 8.29. The van der Waals surface area contributed by atoms with Crippen LogP contribution in [0.2, 0.25) is 5.02 Å². The molecule has 1 fully saturated rings. The lowest BCUT2D eigenvalue weighted by Gasteiger charge is -2.33. The van der Waals surface area contributed by atoms with Gasteiger partial charge < -0.3 is 19.9 Å². The maximum absolute atomic E-state index is 12.8. The molecule has 1 saturated heterocycles. The Bertz CT molecular complexity index is 946. The van der Waals surface area contributed by atoms with Gasteiger partial charge in [0.15, 0.2) is 0 Å². The van der Waals surface area contributed by atoms with Gasteiger partial charge in [0, 0.05) is 31.7 Å². The molecule has 1 atom stereocenters. The number of anilines is 1. The van der Waals surface area contributed by atoms with E-state index in [1.165, 1.54) is 0 Å². The van der Waals surface area contributed by atoms with E-state index in [0.717, 1.165) is 23.6 Å². The Balaban J connectivity index is 1.55. The summed E-state index contributed by atoms with van der Waals surface area (Å²) in [6, 6.07) is 8.65. The second kappa shape index (κ2) is 10.6. The number of aromatic nitrogens is 1. The van der Waals surface area contributed by atoms with E-state index in [1.54, 1.807) is 7.11 Å². The fourth-order valence-corrected chi connectivity index (χ4v) is 4.22. The third-order valence-electron chi connectivity index (χ3n) is 5.91. The average molecular weight is 485 g/mol. The summed E-state index contributed by atoms with van der Waals surface area (Å²) in [5.41, 5.74) is 0.191. The van der Waals surface area contributed by atoms with Gasteiger partial charge >= 0.3 is 6.18 Å². The monoisotopic (exact) mass is 484 g/mol. The number of likely N-dealkylation sites (N-methyl/N-ethyl adjacent to an activating group) is 1. The molecule has 0 aliphatic carbocycles. The first kappa shape index (κ1) is 25.1. The van der Waals surface area contributed by atoms with Gasteiger partial charge in [-0.3, -0.25) is 4.79 Å². The van der Waals surface area contributed by atoms with Crippen molar-refractivity contribution in [2.75, 3.05) is 45.7 Å². The predicted molar refractivity (Wildman–Crippen MR) is 122 cm³/mol. The fraction of sp³-hybridized carbons (Fsp3) is 0.478. The van der Waals surface area contributed by atoms with Crippen LogP contribution in [0.1, 0.15) is 30.0 Å². The number of halogens is 4. The van der Waals surface area contributed by atoms with Gasteiger partial charge in [-0.25, -0.2) is 4.98 Å². The Morgan fingerprint density at radius 3 is 2.42 bits per heavy atom. The van der Waals surface area contributed by atoms with E-state index in [9.17, 15) is 18.0 Å². The molecule has 0 bridgehead atoms. The lowest BCUT2D eigenvalue weighted by atomic mass is 9.95. The van der Waals surface area contributed by atoms with E-state index in [2.05, 4.69) is 10.3 Å². The van der Waals surface area contributed by atoms with Crippen molar-refractivity contribution >= 4 is 23.3 Å². The summed E-state index contributed by atoms with van der Waals surface area (Å²) in [7, 11) is 5.53. The molecule has 2 heterocycles. The molecular weight excluding hydrogens is 457 g/mol. The number of amides is 1. The van der Waals surface area contributed by atoms with Crippen molar-refractivity contribution in [1.82, 2.24) is 15.2 Å². The molecule has 180 valence electrons. The molecule has 1 aromatic carbocycles. The zero-order chi connectivity index (χ0) is 24.2. The zero-order valence-corrected chi connectivity index (χ0v) is 19.6. The van der Waals surface area contributed by atoms with Crippen molar-refractivity contribution in [3.63, 3.8) is 0 Å². The number of pyridine rings is 1. The van der Waals surface area contributed by atoms with Crippen molar-refractivity contribution in [3.05, 3.63) is 52.7 Å². The highest BCUT2D eigenvalue weighted by Crippen LogP contribution is 2.34. The predicted octanol–water partition coefficient (Wildman–Crippen LogP) is 4.40. The summed E-state index contributed by atoms with van der Waals surface area (Å²) >= 11 is 6.06. The lowest BCUT2D eigenvalue weighted by molar-refractivity contribution is -0.137. The van der Waals surface area contributed by atoms with Gasteiger partial charge in [0.25, 0.3) is 0 Å². The summed E-state index contributed by atoms with van der Waals surface area (Å²) < 4.78 is 43.7. The molecule has 1 N–H and O–H groups in total. The first-order chi connectivity index (χ1) is 15.6. The summed E-state index contributed by atoms with van der Waals surface area (Å²) in [5, 5.41) is 3.01. The smallest absolute Gasteiger partial charge is 0.417 e. The topological polar surface area (TPSA) is 57.7 Å². The van der Waals surface area contributed by atoms with Crippen LogP contribution in [0.15, 0.2) is 36.5 Å². The average Bonchev–Trinajstić information content (AvgIpc) is 2.78. The number of benzene rings is 1. The normalized spacial score (nSPS) is 16.1. The summed E-state index contributed by atoms with van der Waals surface area (Å²) in [5.74, 6) is 0.889. The Morgan fingerprint density at radius 2 is 1.91 bits per heavy atom. The van der Waals surface area contributed by atoms with Crippen molar-refractivity contribution in [2.45, 2.75) is 25.1 Å².